The third-order valence-corrected chi connectivity index (χ3v) is 1.98. The van der Waals surface area contributed by atoms with Crippen molar-refractivity contribution >= 4 is 0 Å². The minimum Gasteiger partial charge on any atom is -0.319 e. The van der Waals surface area contributed by atoms with Crippen LogP contribution in [0.4, 0.5) is 4.39 Å². The summed E-state index contributed by atoms with van der Waals surface area (Å²) in [5.41, 5.74) is 7.31. The van der Waals surface area contributed by atoms with Crippen molar-refractivity contribution in [2.75, 3.05) is 0 Å². The van der Waals surface area contributed by atoms with E-state index in [0.29, 0.717) is 5.69 Å². The third kappa shape index (κ3) is 1.62. The molecule has 5 heteroatoms. The molecule has 0 amide bonds. The molecule has 4 nitrogen and oxygen atoms in total. The molecule has 1 aromatic heterocycles. The Morgan fingerprint density at radius 1 is 1.29 bits per heavy atom. The first-order chi connectivity index (χ1) is 6.77. The highest BCUT2D eigenvalue weighted by molar-refractivity contribution is 5.25. The van der Waals surface area contributed by atoms with E-state index < -0.39 is 0 Å². The molecule has 2 aromatic rings. The number of hydrogen-bond acceptors (Lipinski definition) is 3. The summed E-state index contributed by atoms with van der Waals surface area (Å²) in [5.74, 6) is -0.277. The van der Waals surface area contributed by atoms with Gasteiger partial charge in [0, 0.05) is 0 Å². The van der Waals surface area contributed by atoms with E-state index in [1.807, 2.05) is 0 Å². The molecule has 1 unspecified atom stereocenters. The largest absolute Gasteiger partial charge is 0.319 e. The van der Waals surface area contributed by atoms with Crippen LogP contribution in [0.25, 0.3) is 0 Å². The van der Waals surface area contributed by atoms with Gasteiger partial charge in [-0.05, 0) is 17.7 Å². The summed E-state index contributed by atoms with van der Waals surface area (Å²) in [6.07, 6.45) is 1.55. The zero-order valence-electron chi connectivity index (χ0n) is 7.31. The van der Waals surface area contributed by atoms with E-state index in [1.165, 1.54) is 12.1 Å². The molecule has 1 heterocycles. The Bertz CT molecular complexity index is 395. The quantitative estimate of drug-likeness (QED) is 0.745. The Labute approximate surface area is 79.9 Å². The second-order valence-corrected chi connectivity index (χ2v) is 2.92. The topological polar surface area (TPSA) is 67.6 Å². The summed E-state index contributed by atoms with van der Waals surface area (Å²) in [5, 5.41) is 9.99. The Balaban J connectivity index is 2.28. The van der Waals surface area contributed by atoms with Gasteiger partial charge < -0.3 is 5.73 Å². The van der Waals surface area contributed by atoms with Gasteiger partial charge in [0.25, 0.3) is 0 Å². The molecule has 0 aliphatic rings. The maximum Gasteiger partial charge on any atom is 0.123 e. The zero-order chi connectivity index (χ0) is 9.97. The van der Waals surface area contributed by atoms with Crippen LogP contribution in [0.15, 0.2) is 30.5 Å². The summed E-state index contributed by atoms with van der Waals surface area (Å²) < 4.78 is 12.6. The van der Waals surface area contributed by atoms with Gasteiger partial charge in [-0.15, -0.1) is 0 Å². The Hall–Kier alpha value is -1.75. The van der Waals surface area contributed by atoms with Crippen LogP contribution in [0.3, 0.4) is 0 Å². The van der Waals surface area contributed by atoms with Crippen molar-refractivity contribution in [1.82, 2.24) is 15.4 Å². The number of halogens is 1. The highest BCUT2D eigenvalue weighted by Crippen LogP contribution is 2.16. The average molecular weight is 192 g/mol. The van der Waals surface area contributed by atoms with Crippen molar-refractivity contribution in [2.24, 2.45) is 5.73 Å². The molecule has 0 spiro atoms. The minimum atomic E-state index is -0.366. The molecule has 1 aromatic carbocycles. The average Bonchev–Trinajstić information content (AvgIpc) is 2.71. The Morgan fingerprint density at radius 2 is 2.00 bits per heavy atom. The molecule has 14 heavy (non-hydrogen) atoms. The Kier molecular flexibility index (Phi) is 2.24. The van der Waals surface area contributed by atoms with E-state index in [4.69, 9.17) is 5.73 Å². The number of aromatic amines is 1. The summed E-state index contributed by atoms with van der Waals surface area (Å²) in [7, 11) is 0. The first-order valence-electron chi connectivity index (χ1n) is 4.14. The van der Waals surface area contributed by atoms with E-state index in [9.17, 15) is 4.39 Å². The smallest absolute Gasteiger partial charge is 0.123 e. The lowest BCUT2D eigenvalue weighted by atomic mass is 10.1. The van der Waals surface area contributed by atoms with E-state index in [0.717, 1.165) is 5.56 Å². The van der Waals surface area contributed by atoms with Crippen LogP contribution >= 0.6 is 0 Å². The maximum atomic E-state index is 12.6. The molecule has 0 saturated heterocycles. The van der Waals surface area contributed by atoms with Crippen LogP contribution in [0.5, 0.6) is 0 Å². The first kappa shape index (κ1) is 8.83. The normalized spacial score (nSPS) is 12.7. The van der Waals surface area contributed by atoms with E-state index in [-0.39, 0.29) is 11.9 Å². The number of nitrogens with two attached hydrogens (primary N) is 1. The summed E-state index contributed by atoms with van der Waals surface area (Å²) in [4.78, 5) is 0. The number of H-pyrrole nitrogens is 1. The highest BCUT2D eigenvalue weighted by atomic mass is 19.1. The lowest BCUT2D eigenvalue weighted by Crippen LogP contribution is -2.12. The molecule has 0 radical (unpaired) electrons. The molecule has 3 N–H and O–H groups in total. The van der Waals surface area contributed by atoms with Crippen molar-refractivity contribution in [2.45, 2.75) is 6.04 Å². The molecule has 2 rings (SSSR count). The number of benzene rings is 1. The summed E-state index contributed by atoms with van der Waals surface area (Å²) in [6.45, 7) is 0. The number of hydrogen-bond donors (Lipinski definition) is 2. The number of aromatic nitrogens is 3. The van der Waals surface area contributed by atoms with Crippen molar-refractivity contribution in [3.8, 4) is 0 Å². The molecular weight excluding hydrogens is 183 g/mol. The molecule has 0 aliphatic carbocycles. The molecule has 0 bridgehead atoms. The summed E-state index contributed by atoms with van der Waals surface area (Å²) >= 11 is 0. The van der Waals surface area contributed by atoms with Gasteiger partial charge in [0.15, 0.2) is 0 Å². The zero-order valence-corrected chi connectivity index (χ0v) is 7.31. The third-order valence-electron chi connectivity index (χ3n) is 1.98. The molecule has 0 saturated carbocycles. The molecular formula is C9H9FN4. The lowest BCUT2D eigenvalue weighted by Gasteiger charge is -2.07. The number of rotatable bonds is 2. The van der Waals surface area contributed by atoms with Crippen molar-refractivity contribution in [3.63, 3.8) is 0 Å². The first-order valence-corrected chi connectivity index (χ1v) is 4.14. The van der Waals surface area contributed by atoms with Crippen molar-refractivity contribution < 1.29 is 4.39 Å². The fraction of sp³-hybridized carbons (Fsp3) is 0.111. The van der Waals surface area contributed by atoms with Gasteiger partial charge in [0.05, 0.1) is 12.2 Å². The van der Waals surface area contributed by atoms with Crippen LogP contribution in [-0.4, -0.2) is 15.4 Å². The maximum absolute atomic E-state index is 12.6. The van der Waals surface area contributed by atoms with Gasteiger partial charge in [0.1, 0.15) is 11.5 Å². The van der Waals surface area contributed by atoms with Crippen molar-refractivity contribution in [1.29, 1.82) is 0 Å². The van der Waals surface area contributed by atoms with E-state index >= 15 is 0 Å². The number of nitrogens with one attached hydrogen (secondary N) is 1. The lowest BCUT2D eigenvalue weighted by molar-refractivity contribution is 0.626. The molecule has 0 aliphatic heterocycles. The molecule has 0 fully saturated rings. The van der Waals surface area contributed by atoms with Gasteiger partial charge in [-0.3, -0.25) is 0 Å². The molecule has 72 valence electrons. The van der Waals surface area contributed by atoms with Crippen LogP contribution in [0.1, 0.15) is 17.3 Å². The predicted octanol–water partition coefficient (Wildman–Crippen LogP) is 0.992. The molecule has 1 atom stereocenters. The fourth-order valence-corrected chi connectivity index (χ4v) is 1.20. The highest BCUT2D eigenvalue weighted by Gasteiger charge is 2.10. The second-order valence-electron chi connectivity index (χ2n) is 2.92. The van der Waals surface area contributed by atoms with Gasteiger partial charge in [-0.25, -0.2) is 4.39 Å². The van der Waals surface area contributed by atoms with E-state index in [1.54, 1.807) is 18.3 Å². The fourth-order valence-electron chi connectivity index (χ4n) is 1.20. The van der Waals surface area contributed by atoms with Gasteiger partial charge in [-0.2, -0.15) is 15.4 Å². The van der Waals surface area contributed by atoms with Crippen LogP contribution in [0.2, 0.25) is 0 Å². The van der Waals surface area contributed by atoms with Gasteiger partial charge in [0.2, 0.25) is 0 Å². The standard InChI is InChI=1S/C9H9FN4/c10-7-3-1-6(2-4-7)9(11)8-5-12-14-13-8/h1-5,9H,11H2,(H,12,13,14). The van der Waals surface area contributed by atoms with Crippen LogP contribution in [0, 0.1) is 5.82 Å². The number of nitrogens with zero attached hydrogens (tertiary/aromatic N) is 2. The monoisotopic (exact) mass is 192 g/mol. The SMILES string of the molecule is NC(c1ccc(F)cc1)c1cn[nH]n1. The van der Waals surface area contributed by atoms with Crippen molar-refractivity contribution in [3.05, 3.63) is 47.5 Å². The van der Waals surface area contributed by atoms with Crippen LogP contribution < -0.4 is 5.73 Å². The minimum absolute atomic E-state index is 0.277. The van der Waals surface area contributed by atoms with Crippen LogP contribution in [-0.2, 0) is 0 Å². The predicted molar refractivity (Wildman–Crippen MR) is 48.8 cm³/mol. The van der Waals surface area contributed by atoms with Gasteiger partial charge >= 0.3 is 0 Å². The van der Waals surface area contributed by atoms with E-state index in [2.05, 4.69) is 15.4 Å². The summed E-state index contributed by atoms with van der Waals surface area (Å²) in [6, 6.07) is 5.64. The van der Waals surface area contributed by atoms with Gasteiger partial charge in [-0.1, -0.05) is 12.1 Å². The second kappa shape index (κ2) is 3.55. The Morgan fingerprint density at radius 3 is 2.57 bits per heavy atom.